The van der Waals surface area contributed by atoms with Crippen molar-refractivity contribution in [1.29, 1.82) is 0 Å². The van der Waals surface area contributed by atoms with Crippen LogP contribution in [0.4, 0.5) is 0 Å². The molecule has 1 aliphatic rings. The lowest BCUT2D eigenvalue weighted by Gasteiger charge is -2.40. The number of carbonyl (C=O) groups excluding carboxylic acids is 1. The molecule has 5 nitrogen and oxygen atoms in total. The van der Waals surface area contributed by atoms with E-state index >= 15 is 0 Å². The second kappa shape index (κ2) is 9.92. The molecule has 3 aromatic rings. The van der Waals surface area contributed by atoms with Crippen LogP contribution in [-0.2, 0) is 16.1 Å². The summed E-state index contributed by atoms with van der Waals surface area (Å²) in [4.78, 5) is 19.6. The maximum absolute atomic E-state index is 12.9. The van der Waals surface area contributed by atoms with Gasteiger partial charge in [0, 0.05) is 24.3 Å². The van der Waals surface area contributed by atoms with E-state index in [1.54, 1.807) is 0 Å². The highest BCUT2D eigenvalue weighted by atomic mass is 16.5. The van der Waals surface area contributed by atoms with E-state index in [1.807, 2.05) is 49.6 Å². The van der Waals surface area contributed by atoms with Crippen LogP contribution in [0.3, 0.4) is 0 Å². The van der Waals surface area contributed by atoms with Gasteiger partial charge in [-0.3, -0.25) is 14.7 Å². The van der Waals surface area contributed by atoms with Crippen molar-refractivity contribution >= 4 is 16.7 Å². The fourth-order valence-electron chi connectivity index (χ4n) is 4.43. The van der Waals surface area contributed by atoms with Crippen LogP contribution in [0.25, 0.3) is 10.8 Å². The Labute approximate surface area is 184 Å². The third-order valence-corrected chi connectivity index (χ3v) is 6.28. The van der Waals surface area contributed by atoms with Crippen molar-refractivity contribution in [2.75, 3.05) is 26.3 Å². The molecule has 4 rings (SSSR count). The van der Waals surface area contributed by atoms with Crippen molar-refractivity contribution in [1.82, 2.24) is 9.88 Å². The topological polar surface area (TPSA) is 51.7 Å². The van der Waals surface area contributed by atoms with Gasteiger partial charge in [-0.15, -0.1) is 0 Å². The first kappa shape index (κ1) is 21.3. The monoisotopic (exact) mass is 418 g/mol. The van der Waals surface area contributed by atoms with Crippen molar-refractivity contribution < 1.29 is 14.3 Å². The predicted molar refractivity (Wildman–Crippen MR) is 122 cm³/mol. The molecule has 0 amide bonds. The minimum atomic E-state index is -0.468. The molecule has 31 heavy (non-hydrogen) atoms. The number of rotatable bonds is 8. The number of benzene rings is 2. The van der Waals surface area contributed by atoms with Gasteiger partial charge in [-0.1, -0.05) is 36.4 Å². The summed E-state index contributed by atoms with van der Waals surface area (Å²) in [5.41, 5.74) is 0.834. The Morgan fingerprint density at radius 1 is 1.06 bits per heavy atom. The van der Waals surface area contributed by atoms with Crippen molar-refractivity contribution in [3.63, 3.8) is 0 Å². The average molecular weight is 419 g/mol. The van der Waals surface area contributed by atoms with Gasteiger partial charge in [0.05, 0.1) is 18.6 Å². The molecule has 0 atom stereocenters. The Hall–Kier alpha value is -2.92. The maximum atomic E-state index is 12.9. The lowest BCUT2D eigenvalue weighted by molar-refractivity contribution is -0.159. The molecule has 5 heteroatoms. The highest BCUT2D eigenvalue weighted by Gasteiger charge is 2.42. The summed E-state index contributed by atoms with van der Waals surface area (Å²) in [6, 6.07) is 18.2. The van der Waals surface area contributed by atoms with Crippen LogP contribution in [-0.4, -0.2) is 42.2 Å². The summed E-state index contributed by atoms with van der Waals surface area (Å²) < 4.78 is 11.4. The van der Waals surface area contributed by atoms with Crippen LogP contribution in [0, 0.1) is 5.41 Å². The van der Waals surface area contributed by atoms with Gasteiger partial charge < -0.3 is 9.47 Å². The summed E-state index contributed by atoms with van der Waals surface area (Å²) in [6.07, 6.45) is 6.01. The summed E-state index contributed by atoms with van der Waals surface area (Å²) in [5, 5.41) is 2.41. The number of nitrogens with zero attached hydrogens (tertiary/aromatic N) is 2. The number of fused-ring (bicyclic) bond motifs is 1. The Balaban J connectivity index is 1.40. The van der Waals surface area contributed by atoms with Crippen molar-refractivity contribution in [2.45, 2.75) is 32.7 Å². The normalized spacial score (nSPS) is 16.2. The molecule has 0 N–H and O–H groups in total. The number of para-hydroxylation sites is 1. The molecular weight excluding hydrogens is 388 g/mol. The van der Waals surface area contributed by atoms with Crippen LogP contribution >= 0.6 is 0 Å². The standard InChI is InChI=1S/C26H30N2O3/c1-2-30-25(29)26(14-18-31-23-9-4-3-5-10-23)12-16-28(17-13-26)20-22-8-6-7-21-19-27-15-11-24(21)22/h3-11,15,19H,2,12-14,16-18,20H2,1H3. The summed E-state index contributed by atoms with van der Waals surface area (Å²) in [5.74, 6) is 0.756. The smallest absolute Gasteiger partial charge is 0.312 e. The summed E-state index contributed by atoms with van der Waals surface area (Å²) in [7, 11) is 0. The first-order valence-electron chi connectivity index (χ1n) is 11.1. The molecular formula is C26H30N2O3. The third-order valence-electron chi connectivity index (χ3n) is 6.28. The third kappa shape index (κ3) is 5.05. The molecule has 1 saturated heterocycles. The van der Waals surface area contributed by atoms with Crippen LogP contribution in [0.5, 0.6) is 5.75 Å². The van der Waals surface area contributed by atoms with E-state index in [4.69, 9.17) is 9.47 Å². The molecule has 1 fully saturated rings. The Kier molecular flexibility index (Phi) is 6.82. The number of piperidine rings is 1. The van der Waals surface area contributed by atoms with Gasteiger partial charge in [0.1, 0.15) is 5.75 Å². The maximum Gasteiger partial charge on any atom is 0.312 e. The molecule has 2 aromatic carbocycles. The van der Waals surface area contributed by atoms with Gasteiger partial charge in [-0.2, -0.15) is 0 Å². The molecule has 0 bridgehead atoms. The molecule has 0 unspecified atom stereocenters. The van der Waals surface area contributed by atoms with Crippen molar-refractivity contribution in [3.05, 3.63) is 72.6 Å². The number of pyridine rings is 1. The van der Waals surface area contributed by atoms with E-state index in [0.29, 0.717) is 19.6 Å². The second-order valence-electron chi connectivity index (χ2n) is 8.20. The predicted octanol–water partition coefficient (Wildman–Crippen LogP) is 4.85. The zero-order chi connectivity index (χ0) is 21.5. The van der Waals surface area contributed by atoms with Gasteiger partial charge >= 0.3 is 5.97 Å². The minimum absolute atomic E-state index is 0.0810. The number of hydrogen-bond acceptors (Lipinski definition) is 5. The van der Waals surface area contributed by atoms with Crippen LogP contribution < -0.4 is 4.74 Å². The Morgan fingerprint density at radius 2 is 1.87 bits per heavy atom. The molecule has 0 saturated carbocycles. The highest BCUT2D eigenvalue weighted by Crippen LogP contribution is 2.37. The average Bonchev–Trinajstić information content (AvgIpc) is 2.81. The Morgan fingerprint density at radius 3 is 2.65 bits per heavy atom. The zero-order valence-corrected chi connectivity index (χ0v) is 18.1. The summed E-state index contributed by atoms with van der Waals surface area (Å²) in [6.45, 7) is 5.40. The lowest BCUT2D eigenvalue weighted by atomic mass is 9.75. The molecule has 0 spiro atoms. The largest absolute Gasteiger partial charge is 0.494 e. The van der Waals surface area contributed by atoms with E-state index in [1.165, 1.54) is 10.9 Å². The zero-order valence-electron chi connectivity index (χ0n) is 18.1. The van der Waals surface area contributed by atoms with Gasteiger partial charge in [-0.25, -0.2) is 0 Å². The fraction of sp³-hybridized carbons (Fsp3) is 0.385. The SMILES string of the molecule is CCOC(=O)C1(CCOc2ccccc2)CCN(Cc2cccc3cnccc23)CC1. The Bertz CT molecular complexity index is 992. The van der Waals surface area contributed by atoms with Gasteiger partial charge in [0.2, 0.25) is 0 Å². The van der Waals surface area contributed by atoms with E-state index in [0.717, 1.165) is 43.6 Å². The molecule has 1 aliphatic heterocycles. The molecule has 0 aliphatic carbocycles. The number of hydrogen-bond donors (Lipinski definition) is 0. The number of ether oxygens (including phenoxy) is 2. The van der Waals surface area contributed by atoms with Crippen molar-refractivity contribution in [3.8, 4) is 5.75 Å². The van der Waals surface area contributed by atoms with E-state index in [2.05, 4.69) is 34.1 Å². The fourth-order valence-corrected chi connectivity index (χ4v) is 4.43. The van der Waals surface area contributed by atoms with E-state index in [9.17, 15) is 4.79 Å². The van der Waals surface area contributed by atoms with E-state index < -0.39 is 5.41 Å². The second-order valence-corrected chi connectivity index (χ2v) is 8.20. The number of likely N-dealkylation sites (tertiary alicyclic amines) is 1. The van der Waals surface area contributed by atoms with Gasteiger partial charge in [-0.05, 0) is 68.4 Å². The van der Waals surface area contributed by atoms with E-state index in [-0.39, 0.29) is 5.97 Å². The molecule has 1 aromatic heterocycles. The lowest BCUT2D eigenvalue weighted by Crippen LogP contribution is -2.45. The van der Waals surface area contributed by atoms with Crippen molar-refractivity contribution in [2.24, 2.45) is 5.41 Å². The first-order valence-corrected chi connectivity index (χ1v) is 11.1. The molecule has 2 heterocycles. The van der Waals surface area contributed by atoms with Crippen LogP contribution in [0.1, 0.15) is 31.7 Å². The molecule has 0 radical (unpaired) electrons. The number of esters is 1. The van der Waals surface area contributed by atoms with Gasteiger partial charge in [0.25, 0.3) is 0 Å². The van der Waals surface area contributed by atoms with Crippen LogP contribution in [0.2, 0.25) is 0 Å². The highest BCUT2D eigenvalue weighted by molar-refractivity contribution is 5.84. The molecule has 162 valence electrons. The van der Waals surface area contributed by atoms with Crippen LogP contribution in [0.15, 0.2) is 67.0 Å². The summed E-state index contributed by atoms with van der Waals surface area (Å²) >= 11 is 0. The first-order chi connectivity index (χ1) is 15.2. The number of carbonyl (C=O) groups is 1. The minimum Gasteiger partial charge on any atom is -0.494 e. The van der Waals surface area contributed by atoms with Gasteiger partial charge in [0.15, 0.2) is 0 Å². The number of aromatic nitrogens is 1. The quantitative estimate of drug-likeness (QED) is 0.490.